The number of aromatic hydroxyl groups is 1. The molecule has 0 unspecified atom stereocenters. The second-order valence-electron chi connectivity index (χ2n) is 7.26. The van der Waals surface area contributed by atoms with E-state index in [1.54, 1.807) is 32.0 Å². The molecule has 152 valence electrons. The second kappa shape index (κ2) is 7.17. The molecule has 0 aliphatic carbocycles. The molecular weight excluding hydrogens is 384 g/mol. The van der Waals surface area contributed by atoms with Gasteiger partial charge in [-0.2, -0.15) is 0 Å². The first-order valence-corrected chi connectivity index (χ1v) is 9.31. The van der Waals surface area contributed by atoms with Gasteiger partial charge in [0.15, 0.2) is 17.3 Å². The van der Waals surface area contributed by atoms with E-state index in [0.29, 0.717) is 35.0 Å². The summed E-state index contributed by atoms with van der Waals surface area (Å²) in [6.45, 7) is 5.72. The highest BCUT2D eigenvalue weighted by atomic mass is 16.6. The number of aromatic nitrogens is 5. The predicted octanol–water partition coefficient (Wildman–Crippen LogP) is 2.58. The molecule has 9 nitrogen and oxygen atoms in total. The molecule has 3 heterocycles. The molecule has 1 aromatic carbocycles. The van der Waals surface area contributed by atoms with E-state index in [1.165, 1.54) is 0 Å². The van der Waals surface area contributed by atoms with Crippen LogP contribution in [-0.2, 0) is 6.54 Å². The molecule has 0 aliphatic heterocycles. The molecule has 0 radical (unpaired) electrons. The van der Waals surface area contributed by atoms with E-state index in [9.17, 15) is 10.2 Å². The molecule has 4 rings (SSSR count). The van der Waals surface area contributed by atoms with Crippen LogP contribution in [0.2, 0.25) is 0 Å². The van der Waals surface area contributed by atoms with Gasteiger partial charge in [0.1, 0.15) is 22.6 Å². The molecule has 0 aliphatic rings. The number of pyridine rings is 1. The first-order chi connectivity index (χ1) is 14.3. The normalized spacial score (nSPS) is 11.5. The molecule has 9 heteroatoms. The monoisotopic (exact) mass is 404 g/mol. The number of nitrogens with zero attached hydrogens (tertiary/aromatic N) is 5. The zero-order valence-electron chi connectivity index (χ0n) is 16.7. The number of rotatable bonds is 3. The number of nitrogens with two attached hydrogens (primary N) is 1. The number of phenolic OH excluding ortho intramolecular Hbond substituents is 1. The SMILES string of the molecule is CCn1c(-c2nonc2N)nc2c(C#CC(C)(C)O)nc(-c3cccc(O)c3)cc21. The van der Waals surface area contributed by atoms with Gasteiger partial charge >= 0.3 is 0 Å². The summed E-state index contributed by atoms with van der Waals surface area (Å²) in [5, 5.41) is 27.5. The summed E-state index contributed by atoms with van der Waals surface area (Å²) in [6, 6.07) is 8.65. The smallest absolute Gasteiger partial charge is 0.199 e. The van der Waals surface area contributed by atoms with Crippen molar-refractivity contribution >= 4 is 16.9 Å². The van der Waals surface area contributed by atoms with Crippen molar-refractivity contribution in [3.05, 3.63) is 36.0 Å². The number of fused-ring (bicyclic) bond motifs is 1. The van der Waals surface area contributed by atoms with E-state index in [-0.39, 0.29) is 11.6 Å². The Labute approximate surface area is 172 Å². The van der Waals surface area contributed by atoms with E-state index in [0.717, 1.165) is 11.1 Å². The Morgan fingerprint density at radius 3 is 2.63 bits per heavy atom. The van der Waals surface area contributed by atoms with Crippen LogP contribution in [0.5, 0.6) is 5.75 Å². The molecule has 0 saturated heterocycles. The molecule has 0 atom stereocenters. The Bertz CT molecular complexity index is 1300. The van der Waals surface area contributed by atoms with Crippen molar-refractivity contribution in [3.63, 3.8) is 0 Å². The fraction of sp³-hybridized carbons (Fsp3) is 0.238. The Kier molecular flexibility index (Phi) is 4.64. The lowest BCUT2D eigenvalue weighted by Crippen LogP contribution is -2.14. The summed E-state index contributed by atoms with van der Waals surface area (Å²) < 4.78 is 6.65. The van der Waals surface area contributed by atoms with Gasteiger partial charge in [-0.1, -0.05) is 18.1 Å². The maximum Gasteiger partial charge on any atom is 0.199 e. The first-order valence-electron chi connectivity index (χ1n) is 9.31. The van der Waals surface area contributed by atoms with E-state index in [2.05, 4.69) is 32.1 Å². The van der Waals surface area contributed by atoms with Gasteiger partial charge in [-0.25, -0.2) is 14.6 Å². The number of anilines is 1. The van der Waals surface area contributed by atoms with E-state index < -0.39 is 5.60 Å². The van der Waals surface area contributed by atoms with Crippen LogP contribution in [0.4, 0.5) is 5.82 Å². The molecule has 0 amide bonds. The van der Waals surface area contributed by atoms with Crippen LogP contribution in [0.3, 0.4) is 0 Å². The Morgan fingerprint density at radius 2 is 2.00 bits per heavy atom. The number of aryl methyl sites for hydroxylation is 1. The van der Waals surface area contributed by atoms with Crippen molar-refractivity contribution in [1.82, 2.24) is 24.8 Å². The lowest BCUT2D eigenvalue weighted by Gasteiger charge is -2.08. The van der Waals surface area contributed by atoms with Gasteiger partial charge in [0.2, 0.25) is 0 Å². The average molecular weight is 404 g/mol. The molecule has 0 bridgehead atoms. The van der Waals surface area contributed by atoms with Gasteiger partial charge in [-0.3, -0.25) is 0 Å². The number of aliphatic hydroxyl groups is 1. The fourth-order valence-corrected chi connectivity index (χ4v) is 3.09. The second-order valence-corrected chi connectivity index (χ2v) is 7.26. The van der Waals surface area contributed by atoms with E-state index in [1.807, 2.05) is 23.6 Å². The third-order valence-corrected chi connectivity index (χ3v) is 4.41. The fourth-order valence-electron chi connectivity index (χ4n) is 3.09. The molecule has 3 aromatic heterocycles. The molecule has 0 spiro atoms. The number of nitrogen functional groups attached to an aromatic ring is 1. The number of imidazole rings is 1. The van der Waals surface area contributed by atoms with Crippen molar-refractivity contribution in [2.75, 3.05) is 5.73 Å². The number of phenols is 1. The Balaban J connectivity index is 2.04. The third kappa shape index (κ3) is 3.56. The number of hydrogen-bond donors (Lipinski definition) is 3. The Morgan fingerprint density at radius 1 is 1.20 bits per heavy atom. The van der Waals surface area contributed by atoms with Crippen LogP contribution < -0.4 is 5.73 Å². The molecule has 0 fully saturated rings. The van der Waals surface area contributed by atoms with Gasteiger partial charge in [0.05, 0.1) is 11.2 Å². The summed E-state index contributed by atoms with van der Waals surface area (Å²) in [5.41, 5.74) is 8.01. The highest BCUT2D eigenvalue weighted by Gasteiger charge is 2.21. The van der Waals surface area contributed by atoms with Crippen LogP contribution in [-0.4, -0.2) is 40.7 Å². The molecule has 0 saturated carbocycles. The third-order valence-electron chi connectivity index (χ3n) is 4.41. The van der Waals surface area contributed by atoms with Crippen LogP contribution in [0, 0.1) is 11.8 Å². The van der Waals surface area contributed by atoms with Gasteiger partial charge in [-0.05, 0) is 55.2 Å². The van der Waals surface area contributed by atoms with Gasteiger partial charge in [0.25, 0.3) is 0 Å². The molecule has 30 heavy (non-hydrogen) atoms. The van der Waals surface area contributed by atoms with Crippen LogP contribution in [0.1, 0.15) is 26.5 Å². The van der Waals surface area contributed by atoms with Crippen molar-refractivity contribution in [2.24, 2.45) is 0 Å². The van der Waals surface area contributed by atoms with Crippen molar-refractivity contribution in [2.45, 2.75) is 32.9 Å². The summed E-state index contributed by atoms with van der Waals surface area (Å²) in [5.74, 6) is 6.46. The number of benzene rings is 1. The number of hydrogen-bond acceptors (Lipinski definition) is 8. The zero-order valence-corrected chi connectivity index (χ0v) is 16.7. The van der Waals surface area contributed by atoms with Gasteiger partial charge in [-0.15, -0.1) is 0 Å². The molecule has 4 N–H and O–H groups in total. The maximum absolute atomic E-state index is 10.1. The predicted molar refractivity (Wildman–Crippen MR) is 111 cm³/mol. The van der Waals surface area contributed by atoms with E-state index >= 15 is 0 Å². The van der Waals surface area contributed by atoms with Gasteiger partial charge < -0.3 is 20.5 Å². The largest absolute Gasteiger partial charge is 0.508 e. The van der Waals surface area contributed by atoms with E-state index in [4.69, 9.17) is 10.4 Å². The average Bonchev–Trinajstić information content (AvgIpc) is 3.27. The van der Waals surface area contributed by atoms with Crippen LogP contribution in [0.15, 0.2) is 35.0 Å². The highest BCUT2D eigenvalue weighted by molar-refractivity contribution is 5.88. The molecule has 4 aromatic rings. The summed E-state index contributed by atoms with van der Waals surface area (Å²) in [7, 11) is 0. The maximum atomic E-state index is 10.1. The molecular formula is C21H20N6O3. The van der Waals surface area contributed by atoms with Crippen LogP contribution in [0.25, 0.3) is 33.8 Å². The summed E-state index contributed by atoms with van der Waals surface area (Å²) in [4.78, 5) is 9.31. The highest BCUT2D eigenvalue weighted by Crippen LogP contribution is 2.31. The summed E-state index contributed by atoms with van der Waals surface area (Å²) >= 11 is 0. The minimum absolute atomic E-state index is 0.129. The van der Waals surface area contributed by atoms with Gasteiger partial charge in [0, 0.05) is 12.1 Å². The van der Waals surface area contributed by atoms with Crippen molar-refractivity contribution in [1.29, 1.82) is 0 Å². The first kappa shape index (κ1) is 19.4. The topological polar surface area (TPSA) is 136 Å². The minimum atomic E-state index is -1.20. The lowest BCUT2D eigenvalue weighted by molar-refractivity contribution is 0.143. The van der Waals surface area contributed by atoms with Crippen molar-refractivity contribution < 1.29 is 14.8 Å². The Hall–Kier alpha value is -3.90. The minimum Gasteiger partial charge on any atom is -0.508 e. The van der Waals surface area contributed by atoms with Crippen LogP contribution >= 0.6 is 0 Å². The van der Waals surface area contributed by atoms with Crippen molar-refractivity contribution in [3.8, 4) is 40.4 Å². The quantitative estimate of drug-likeness (QED) is 0.443. The standard InChI is InChI=1S/C21H20N6O3/c1-4-27-16-11-15(12-6-5-7-13(28)10-12)23-14(8-9-21(2,3)29)17(16)24-20(27)18-19(22)26-30-25-18/h5-7,10-11,28-29H,4H2,1-3H3,(H2,22,26). The zero-order chi connectivity index (χ0) is 21.5. The lowest BCUT2D eigenvalue weighted by atomic mass is 10.1. The summed E-state index contributed by atoms with van der Waals surface area (Å²) in [6.07, 6.45) is 0.